The van der Waals surface area contributed by atoms with Gasteiger partial charge in [0, 0.05) is 19.1 Å². The van der Waals surface area contributed by atoms with E-state index in [1.807, 2.05) is 6.92 Å². The maximum atomic E-state index is 12.3. The van der Waals surface area contributed by atoms with Gasteiger partial charge in [-0.25, -0.2) is 4.98 Å². The summed E-state index contributed by atoms with van der Waals surface area (Å²) in [5.74, 6) is 1.30. The minimum atomic E-state index is -1.21. The summed E-state index contributed by atoms with van der Waals surface area (Å²) in [5, 5.41) is 23.2. The zero-order valence-electron chi connectivity index (χ0n) is 14.1. The van der Waals surface area contributed by atoms with Crippen LogP contribution in [0.5, 0.6) is 0 Å². The van der Waals surface area contributed by atoms with Crippen LogP contribution < -0.4 is 0 Å². The van der Waals surface area contributed by atoms with Gasteiger partial charge in [0.2, 0.25) is 0 Å². The molecule has 1 aromatic rings. The van der Waals surface area contributed by atoms with Crippen molar-refractivity contribution in [2.24, 2.45) is 11.8 Å². The number of aromatic nitrogens is 2. The van der Waals surface area contributed by atoms with Gasteiger partial charge in [-0.1, -0.05) is 5.01 Å². The third-order valence-electron chi connectivity index (χ3n) is 6.10. The number of nitrogens with one attached hydrogen (secondary N) is 1. The Morgan fingerprint density at radius 1 is 1.48 bits per heavy atom. The van der Waals surface area contributed by atoms with Gasteiger partial charge in [-0.3, -0.25) is 0 Å². The SMILES string of the molecule is CC(C1CCOCC1)[N+](O)(C(=O)O)N1[C@@H]2C[C@@H]2C[C@H]1c1ncc(I)[nH]1. The van der Waals surface area contributed by atoms with Crippen molar-refractivity contribution in [1.82, 2.24) is 15.0 Å². The van der Waals surface area contributed by atoms with Crippen LogP contribution in [0.2, 0.25) is 0 Å². The number of halogens is 1. The zero-order chi connectivity index (χ0) is 17.8. The smallest absolute Gasteiger partial charge is 0.432 e. The lowest BCUT2D eigenvalue weighted by Crippen LogP contribution is -2.68. The average Bonchev–Trinajstić information content (AvgIpc) is 3.05. The lowest BCUT2D eigenvalue weighted by atomic mass is 9.92. The van der Waals surface area contributed by atoms with Crippen molar-refractivity contribution >= 4 is 28.7 Å². The second kappa shape index (κ2) is 6.45. The molecule has 3 heterocycles. The van der Waals surface area contributed by atoms with Crippen LogP contribution in [0.1, 0.15) is 44.5 Å². The van der Waals surface area contributed by atoms with Crippen LogP contribution in [0.25, 0.3) is 0 Å². The number of H-pyrrole nitrogens is 1. The van der Waals surface area contributed by atoms with Crippen LogP contribution >= 0.6 is 22.6 Å². The Balaban J connectivity index is 1.67. The van der Waals surface area contributed by atoms with Gasteiger partial charge in [-0.2, -0.15) is 10.0 Å². The standard InChI is InChI=1S/C16H23IN4O4/c1-9(10-2-4-25-5-3-10)21(24,16(22)23)20-12-6-11(12)7-13(20)15-18-8-14(17)19-15/h8-13,24H,2-7H2,1H3,(H-,18,19,22,23)/p+1/t9?,11-,12-,13+,21?/m1/s1. The zero-order valence-corrected chi connectivity index (χ0v) is 16.3. The molecule has 138 valence electrons. The Kier molecular flexibility index (Phi) is 4.55. The van der Waals surface area contributed by atoms with E-state index in [4.69, 9.17) is 4.74 Å². The fraction of sp³-hybridized carbons (Fsp3) is 0.750. The van der Waals surface area contributed by atoms with Gasteiger partial charge in [-0.15, -0.1) is 0 Å². The number of nitrogens with zero attached hydrogens (tertiary/aromatic N) is 3. The van der Waals surface area contributed by atoms with Gasteiger partial charge in [0.15, 0.2) is 6.04 Å². The normalized spacial score (nSPS) is 33.6. The molecule has 1 saturated carbocycles. The van der Waals surface area contributed by atoms with Gasteiger partial charge in [0.05, 0.1) is 15.9 Å². The molecule has 2 saturated heterocycles. The molecule has 1 amide bonds. The molecule has 0 bridgehead atoms. The summed E-state index contributed by atoms with van der Waals surface area (Å²) >= 11 is 2.16. The number of hydrogen-bond donors (Lipinski definition) is 3. The molecule has 1 aliphatic carbocycles. The molecular formula is C16H24IN4O4+. The van der Waals surface area contributed by atoms with Crippen LogP contribution in [-0.2, 0) is 4.74 Å². The molecule has 2 unspecified atom stereocenters. The van der Waals surface area contributed by atoms with Gasteiger partial charge < -0.3 is 14.8 Å². The number of quaternary nitrogens is 1. The van der Waals surface area contributed by atoms with Crippen molar-refractivity contribution in [3.05, 3.63) is 15.7 Å². The highest BCUT2D eigenvalue weighted by Gasteiger charge is 2.67. The number of ether oxygens (including phenoxy) is 1. The van der Waals surface area contributed by atoms with Crippen molar-refractivity contribution < 1.29 is 24.6 Å². The van der Waals surface area contributed by atoms with E-state index in [1.165, 1.54) is 0 Å². The largest absolute Gasteiger partial charge is 0.568 e. The Labute approximate surface area is 159 Å². The van der Waals surface area contributed by atoms with Gasteiger partial charge in [0.25, 0.3) is 0 Å². The predicted molar refractivity (Wildman–Crippen MR) is 95.5 cm³/mol. The average molecular weight is 463 g/mol. The Bertz CT molecular complexity index is 664. The minimum absolute atomic E-state index is 0.108. The van der Waals surface area contributed by atoms with Gasteiger partial charge in [0.1, 0.15) is 11.9 Å². The summed E-state index contributed by atoms with van der Waals surface area (Å²) in [6.45, 7) is 3.10. The van der Waals surface area contributed by atoms with Crippen LogP contribution in [0, 0.1) is 15.5 Å². The number of carboxylic acid groups (broad SMARTS) is 1. The minimum Gasteiger partial charge on any atom is -0.432 e. The Morgan fingerprint density at radius 2 is 2.20 bits per heavy atom. The molecule has 5 atom stereocenters. The third-order valence-corrected chi connectivity index (χ3v) is 6.65. The molecule has 25 heavy (non-hydrogen) atoms. The highest BCUT2D eigenvalue weighted by molar-refractivity contribution is 14.1. The van der Waals surface area contributed by atoms with E-state index >= 15 is 0 Å². The maximum absolute atomic E-state index is 12.3. The lowest BCUT2D eigenvalue weighted by molar-refractivity contribution is -1.15. The fourth-order valence-electron chi connectivity index (χ4n) is 4.57. The van der Waals surface area contributed by atoms with Crippen molar-refractivity contribution in [3.8, 4) is 0 Å². The van der Waals surface area contributed by atoms with Crippen molar-refractivity contribution in [3.63, 3.8) is 0 Å². The summed E-state index contributed by atoms with van der Waals surface area (Å²) in [6, 6.07) is -0.524. The van der Waals surface area contributed by atoms with Crippen LogP contribution in [0.4, 0.5) is 4.79 Å². The number of amides is 1. The second-order valence-electron chi connectivity index (χ2n) is 7.43. The summed E-state index contributed by atoms with van der Waals surface area (Å²) < 4.78 is 5.27. The summed E-state index contributed by atoms with van der Waals surface area (Å²) in [7, 11) is 0. The second-order valence-corrected chi connectivity index (χ2v) is 8.60. The number of hydroxylamine groups is 2. The number of rotatable bonds is 4. The third kappa shape index (κ3) is 2.89. The topological polar surface area (TPSA) is 98.7 Å². The summed E-state index contributed by atoms with van der Waals surface area (Å²) in [6.07, 6.45) is 3.87. The van der Waals surface area contributed by atoms with Crippen molar-refractivity contribution in [2.45, 2.75) is 50.7 Å². The molecule has 4 rings (SSSR count). The Morgan fingerprint density at radius 3 is 2.80 bits per heavy atom. The van der Waals surface area contributed by atoms with Crippen molar-refractivity contribution in [1.29, 1.82) is 0 Å². The monoisotopic (exact) mass is 463 g/mol. The molecule has 0 radical (unpaired) electrons. The van der Waals surface area contributed by atoms with E-state index in [1.54, 1.807) is 11.2 Å². The van der Waals surface area contributed by atoms with Gasteiger partial charge >= 0.3 is 6.09 Å². The van der Waals surface area contributed by atoms with E-state index in [9.17, 15) is 15.1 Å². The number of aromatic amines is 1. The molecule has 3 N–H and O–H groups in total. The number of piperidine rings is 1. The number of carbonyl (C=O) groups is 1. The molecule has 9 heteroatoms. The van der Waals surface area contributed by atoms with Crippen LogP contribution in [0.3, 0.4) is 0 Å². The summed E-state index contributed by atoms with van der Waals surface area (Å²) in [4.78, 5) is 19.9. The molecule has 2 aliphatic heterocycles. The molecule has 1 aromatic heterocycles. The molecule has 8 nitrogen and oxygen atoms in total. The lowest BCUT2D eigenvalue weighted by Gasteiger charge is -2.43. The first-order valence-electron chi connectivity index (χ1n) is 8.84. The van der Waals surface area contributed by atoms with Gasteiger partial charge in [-0.05, 0) is 65.9 Å². The van der Waals surface area contributed by atoms with Crippen LogP contribution in [-0.4, -0.2) is 61.4 Å². The molecule has 0 aromatic carbocycles. The number of hydrogen-bond acceptors (Lipinski definition) is 5. The highest BCUT2D eigenvalue weighted by Crippen LogP contribution is 2.56. The molecular weight excluding hydrogens is 439 g/mol. The van der Waals surface area contributed by atoms with E-state index in [0.717, 1.165) is 35.2 Å². The highest BCUT2D eigenvalue weighted by atomic mass is 127. The predicted octanol–water partition coefficient (Wildman–Crippen LogP) is 2.76. The van der Waals surface area contributed by atoms with Crippen LogP contribution in [0.15, 0.2) is 6.20 Å². The van der Waals surface area contributed by atoms with E-state index in [-0.39, 0.29) is 18.0 Å². The van der Waals surface area contributed by atoms with Crippen molar-refractivity contribution in [2.75, 3.05) is 13.2 Å². The molecule has 3 aliphatic rings. The first kappa shape index (κ1) is 17.7. The van der Waals surface area contributed by atoms with E-state index in [0.29, 0.717) is 19.1 Å². The first-order valence-corrected chi connectivity index (χ1v) is 9.92. The van der Waals surface area contributed by atoms with E-state index < -0.39 is 16.9 Å². The fourth-order valence-corrected chi connectivity index (χ4v) is 4.98. The maximum Gasteiger partial charge on any atom is 0.568 e. The quantitative estimate of drug-likeness (QED) is 0.275. The molecule has 0 spiro atoms. The number of imidazole rings is 1. The van der Waals surface area contributed by atoms with E-state index in [2.05, 4.69) is 32.6 Å². The summed E-state index contributed by atoms with van der Waals surface area (Å²) in [5.41, 5.74) is 0. The number of fused-ring (bicyclic) bond motifs is 1. The Hall–Kier alpha value is -0.750. The first-order chi connectivity index (χ1) is 11.9. The molecule has 3 fully saturated rings.